The normalized spacial score (nSPS) is 13.3. The van der Waals surface area contributed by atoms with E-state index in [0.717, 1.165) is 47.5 Å². The van der Waals surface area contributed by atoms with Gasteiger partial charge < -0.3 is 20.2 Å². The second kappa shape index (κ2) is 19.0. The molecule has 4 N–H and O–H groups in total. The summed E-state index contributed by atoms with van der Waals surface area (Å²) >= 11 is 0. The quantitative estimate of drug-likeness (QED) is 0.148. The molecule has 4 aromatic rings. The zero-order valence-electron chi connectivity index (χ0n) is 28.8. The Morgan fingerprint density at radius 3 is 2.09 bits per heavy atom. The summed E-state index contributed by atoms with van der Waals surface area (Å²) in [4.78, 5) is 39.5. The standard InChI is InChI=1S/C37H40N4O4S.C2HF3O2/c38-46(44,45)35-17-14-30(15-18-35)20-24-41(36(42)19-16-29-8-2-1-3-9-29)28-31-10-6-11-32(26-31)33-12-7-13-34(27-33)37(43)39-21-25-40-22-4-5-23-40;3-2(4,5)1(6)7/h1-3,6-19,26-27H,4-5,20-25,28H2,(H,39,43)(H2,38,44,45);(H,6,7). The number of primary sulfonamides is 1. The maximum Gasteiger partial charge on any atom is 0.490 e. The van der Waals surface area contributed by atoms with Crippen molar-refractivity contribution in [2.24, 2.45) is 5.14 Å². The fraction of sp³-hybridized carbons (Fsp3) is 0.256. The molecule has 1 fully saturated rings. The minimum absolute atomic E-state index is 0.0513. The fourth-order valence-corrected chi connectivity index (χ4v) is 6.08. The number of carboxylic acid groups (broad SMARTS) is 1. The highest BCUT2D eigenvalue weighted by molar-refractivity contribution is 7.89. The van der Waals surface area contributed by atoms with E-state index in [1.165, 1.54) is 25.0 Å². The van der Waals surface area contributed by atoms with Crippen LogP contribution in [0.2, 0.25) is 0 Å². The zero-order chi connectivity index (χ0) is 38.4. The number of sulfonamides is 1. The minimum atomic E-state index is -5.08. The van der Waals surface area contributed by atoms with E-state index in [2.05, 4.69) is 10.2 Å². The highest BCUT2D eigenvalue weighted by atomic mass is 32.2. The van der Waals surface area contributed by atoms with Crippen molar-refractivity contribution in [1.29, 1.82) is 0 Å². The molecule has 0 atom stereocenters. The van der Waals surface area contributed by atoms with Crippen LogP contribution in [0.3, 0.4) is 0 Å². The molecule has 1 heterocycles. The Bertz CT molecular complexity index is 1980. The van der Waals surface area contributed by atoms with E-state index in [0.29, 0.717) is 31.6 Å². The van der Waals surface area contributed by atoms with Crippen molar-refractivity contribution >= 4 is 33.9 Å². The Morgan fingerprint density at radius 1 is 0.849 bits per heavy atom. The summed E-state index contributed by atoms with van der Waals surface area (Å²) in [7, 11) is -3.78. The van der Waals surface area contributed by atoms with Crippen LogP contribution in [0, 0.1) is 0 Å². The molecule has 14 heteroatoms. The van der Waals surface area contributed by atoms with Gasteiger partial charge in [-0.05, 0) is 96.6 Å². The first-order valence-corrected chi connectivity index (χ1v) is 18.4. The van der Waals surface area contributed by atoms with Crippen LogP contribution in [0.15, 0.2) is 114 Å². The number of benzene rings is 4. The van der Waals surface area contributed by atoms with Crippen molar-refractivity contribution in [2.45, 2.75) is 36.9 Å². The third-order valence-corrected chi connectivity index (χ3v) is 9.29. The molecule has 0 spiro atoms. The van der Waals surface area contributed by atoms with Gasteiger partial charge in [0.1, 0.15) is 0 Å². The van der Waals surface area contributed by atoms with Crippen LogP contribution >= 0.6 is 0 Å². The van der Waals surface area contributed by atoms with Crippen LogP contribution < -0.4 is 10.5 Å². The number of aliphatic carboxylic acids is 1. The summed E-state index contributed by atoms with van der Waals surface area (Å²) in [6.45, 7) is 4.48. The SMILES string of the molecule is NS(=O)(=O)c1ccc(CCN(Cc2cccc(-c3cccc(C(=O)NCCN4CCCC4)c3)c2)C(=O)C=Cc2ccccc2)cc1.O=C(O)C(F)(F)F. The van der Waals surface area contributed by atoms with Gasteiger partial charge >= 0.3 is 12.1 Å². The smallest absolute Gasteiger partial charge is 0.475 e. The third kappa shape index (κ3) is 13.3. The highest BCUT2D eigenvalue weighted by Crippen LogP contribution is 2.23. The lowest BCUT2D eigenvalue weighted by Crippen LogP contribution is -2.33. The van der Waals surface area contributed by atoms with Gasteiger partial charge in [-0.15, -0.1) is 0 Å². The number of hydrogen-bond donors (Lipinski definition) is 3. The minimum Gasteiger partial charge on any atom is -0.475 e. The van der Waals surface area contributed by atoms with Crippen LogP contribution in [0.4, 0.5) is 13.2 Å². The van der Waals surface area contributed by atoms with Crippen LogP contribution in [0.1, 0.15) is 39.9 Å². The molecule has 5 rings (SSSR count). The van der Waals surface area contributed by atoms with Crippen molar-refractivity contribution in [3.8, 4) is 11.1 Å². The maximum absolute atomic E-state index is 13.5. The number of carboxylic acids is 1. The zero-order valence-corrected chi connectivity index (χ0v) is 29.7. The Hall–Kier alpha value is -5.31. The lowest BCUT2D eigenvalue weighted by Gasteiger charge is -2.22. The molecule has 4 aromatic carbocycles. The van der Waals surface area contributed by atoms with E-state index in [1.54, 1.807) is 29.2 Å². The maximum atomic E-state index is 13.5. The van der Waals surface area contributed by atoms with Crippen LogP contribution in [-0.2, 0) is 32.6 Å². The lowest BCUT2D eigenvalue weighted by molar-refractivity contribution is -0.192. The average molecular weight is 751 g/mol. The largest absolute Gasteiger partial charge is 0.490 e. The molecule has 10 nitrogen and oxygen atoms in total. The second-order valence-electron chi connectivity index (χ2n) is 12.3. The molecule has 0 bridgehead atoms. The summed E-state index contributed by atoms with van der Waals surface area (Å²) in [6, 6.07) is 31.7. The van der Waals surface area contributed by atoms with Gasteiger partial charge in [-0.2, -0.15) is 13.2 Å². The lowest BCUT2D eigenvalue weighted by atomic mass is 10.0. The number of likely N-dealkylation sites (tertiary alicyclic amines) is 1. The molecular formula is C39H41F3N4O6S. The fourth-order valence-electron chi connectivity index (χ4n) is 5.56. The molecule has 0 aromatic heterocycles. The Labute approximate surface area is 306 Å². The molecule has 2 amide bonds. The van der Waals surface area contributed by atoms with Gasteiger partial charge in [0, 0.05) is 37.8 Å². The molecule has 1 saturated heterocycles. The topological polar surface area (TPSA) is 150 Å². The van der Waals surface area contributed by atoms with Gasteiger partial charge in [0.25, 0.3) is 5.91 Å². The molecule has 53 heavy (non-hydrogen) atoms. The summed E-state index contributed by atoms with van der Waals surface area (Å²) in [5, 5.41) is 15.4. The van der Waals surface area contributed by atoms with E-state index in [-0.39, 0.29) is 16.7 Å². The van der Waals surface area contributed by atoms with Crippen molar-refractivity contribution in [3.05, 3.63) is 131 Å². The summed E-state index contributed by atoms with van der Waals surface area (Å²) in [5.74, 6) is -2.98. The van der Waals surface area contributed by atoms with Crippen molar-refractivity contribution in [3.63, 3.8) is 0 Å². The summed E-state index contributed by atoms with van der Waals surface area (Å²) in [6.07, 6.45) is 1.28. The first-order valence-electron chi connectivity index (χ1n) is 16.8. The number of amides is 2. The van der Waals surface area contributed by atoms with E-state index in [4.69, 9.17) is 15.0 Å². The monoisotopic (exact) mass is 750 g/mol. The first-order chi connectivity index (χ1) is 25.2. The average Bonchev–Trinajstić information content (AvgIpc) is 3.66. The second-order valence-corrected chi connectivity index (χ2v) is 13.9. The van der Waals surface area contributed by atoms with Crippen LogP contribution in [0.5, 0.6) is 0 Å². The number of alkyl halides is 3. The third-order valence-electron chi connectivity index (χ3n) is 8.37. The Morgan fingerprint density at radius 2 is 1.47 bits per heavy atom. The summed E-state index contributed by atoms with van der Waals surface area (Å²) < 4.78 is 55.0. The Kier molecular flexibility index (Phi) is 14.5. The number of nitrogens with two attached hydrogens (primary N) is 1. The number of carbonyl (C=O) groups is 3. The van der Waals surface area contributed by atoms with Crippen molar-refractivity contribution in [1.82, 2.24) is 15.1 Å². The number of hydrogen-bond acceptors (Lipinski definition) is 6. The van der Waals surface area contributed by atoms with Gasteiger partial charge in [0.2, 0.25) is 15.9 Å². The molecule has 0 radical (unpaired) electrons. The molecule has 1 aliphatic heterocycles. The molecule has 280 valence electrons. The van der Waals surface area contributed by atoms with E-state index < -0.39 is 22.2 Å². The number of rotatable bonds is 13. The first kappa shape index (κ1) is 40.5. The van der Waals surface area contributed by atoms with Crippen molar-refractivity contribution in [2.75, 3.05) is 32.7 Å². The molecule has 1 aliphatic rings. The highest BCUT2D eigenvalue weighted by Gasteiger charge is 2.38. The number of halogens is 3. The van der Waals surface area contributed by atoms with Gasteiger partial charge in [0.15, 0.2) is 0 Å². The van der Waals surface area contributed by atoms with Crippen LogP contribution in [0.25, 0.3) is 17.2 Å². The number of nitrogens with zero attached hydrogens (tertiary/aromatic N) is 2. The van der Waals surface area contributed by atoms with Gasteiger partial charge in [-0.3, -0.25) is 9.59 Å². The van der Waals surface area contributed by atoms with Crippen LogP contribution in [-0.4, -0.2) is 80.0 Å². The number of nitrogens with one attached hydrogen (secondary N) is 1. The predicted octanol–water partition coefficient (Wildman–Crippen LogP) is 5.74. The van der Waals surface area contributed by atoms with Gasteiger partial charge in [-0.25, -0.2) is 18.4 Å². The molecule has 0 saturated carbocycles. The summed E-state index contributed by atoms with van der Waals surface area (Å²) in [5.41, 5.74) is 5.25. The van der Waals surface area contributed by atoms with Gasteiger partial charge in [0.05, 0.1) is 4.90 Å². The van der Waals surface area contributed by atoms with Gasteiger partial charge in [-0.1, -0.05) is 72.8 Å². The number of carbonyl (C=O) groups excluding carboxylic acids is 2. The van der Waals surface area contributed by atoms with E-state index in [9.17, 15) is 31.2 Å². The van der Waals surface area contributed by atoms with Crippen molar-refractivity contribution < 1.29 is 41.1 Å². The van der Waals surface area contributed by atoms with E-state index in [1.807, 2.05) is 78.9 Å². The van der Waals surface area contributed by atoms with E-state index >= 15 is 0 Å². The molecular weight excluding hydrogens is 710 g/mol. The predicted molar refractivity (Wildman–Crippen MR) is 196 cm³/mol. The Balaban J connectivity index is 0.000000815. The molecule has 0 aliphatic carbocycles. The molecule has 0 unspecified atom stereocenters.